The number of imide groups is 1. The van der Waals surface area contributed by atoms with Crippen molar-refractivity contribution in [3.63, 3.8) is 0 Å². The van der Waals surface area contributed by atoms with Crippen molar-refractivity contribution in [3.8, 4) is 0 Å². The maximum Gasteiger partial charge on any atom is 0.253 e. The van der Waals surface area contributed by atoms with Crippen LogP contribution in [-0.4, -0.2) is 41.0 Å². The lowest BCUT2D eigenvalue weighted by Crippen LogP contribution is -2.44. The Hall–Kier alpha value is -2.54. The summed E-state index contributed by atoms with van der Waals surface area (Å²) < 4.78 is 1.00. The lowest BCUT2D eigenvalue weighted by molar-refractivity contribution is -0.126. The molecule has 0 aromatic heterocycles. The molecule has 3 saturated heterocycles. The SMILES string of the molecule is O=C1[C@@H]2[C@@H](c3ccc(Br)cc3)N3CCCN3[C@H]2C(=O)N1c1cccc2ccccc12. The number of hydrazine groups is 1. The number of carbonyl (C=O) groups is 2. The van der Waals surface area contributed by atoms with Gasteiger partial charge in [0.15, 0.2) is 0 Å². The number of hydrogen-bond donors (Lipinski definition) is 0. The van der Waals surface area contributed by atoms with Gasteiger partial charge >= 0.3 is 0 Å². The largest absolute Gasteiger partial charge is 0.274 e. The van der Waals surface area contributed by atoms with E-state index in [9.17, 15) is 9.59 Å². The van der Waals surface area contributed by atoms with Crippen molar-refractivity contribution in [1.82, 2.24) is 10.0 Å². The molecule has 150 valence electrons. The maximum atomic E-state index is 13.8. The molecule has 3 atom stereocenters. The first-order chi connectivity index (χ1) is 14.6. The average molecular weight is 462 g/mol. The molecule has 0 N–H and O–H groups in total. The standard InChI is InChI=1S/C24H20BrN3O2/c25-17-11-9-16(10-12-17)21-20-22(27-14-4-13-26(21)27)24(30)28(23(20)29)19-8-3-6-15-5-1-2-7-18(15)19/h1-3,5-12,20-22H,4,13-14H2/t20-,21-,22-/m1/s1. The Balaban J connectivity index is 1.48. The minimum Gasteiger partial charge on any atom is -0.274 e. The number of rotatable bonds is 2. The highest BCUT2D eigenvalue weighted by Gasteiger charge is 2.62. The highest BCUT2D eigenvalue weighted by Crippen LogP contribution is 2.49. The van der Waals surface area contributed by atoms with Crippen LogP contribution in [0.5, 0.6) is 0 Å². The third-order valence-corrected chi connectivity index (χ3v) is 7.15. The van der Waals surface area contributed by atoms with Crippen LogP contribution in [0.25, 0.3) is 10.8 Å². The Morgan fingerprint density at radius 3 is 2.27 bits per heavy atom. The van der Waals surface area contributed by atoms with Crippen LogP contribution in [0.2, 0.25) is 0 Å². The average Bonchev–Trinajstić information content (AvgIpc) is 3.41. The van der Waals surface area contributed by atoms with Gasteiger partial charge in [0, 0.05) is 22.9 Å². The summed E-state index contributed by atoms with van der Waals surface area (Å²) in [6.45, 7) is 1.69. The van der Waals surface area contributed by atoms with Gasteiger partial charge in [-0.15, -0.1) is 0 Å². The molecule has 3 aliphatic heterocycles. The van der Waals surface area contributed by atoms with Crippen LogP contribution in [-0.2, 0) is 9.59 Å². The number of nitrogens with zero attached hydrogens (tertiary/aromatic N) is 3. The van der Waals surface area contributed by atoms with Gasteiger partial charge in [0.1, 0.15) is 6.04 Å². The van der Waals surface area contributed by atoms with Gasteiger partial charge in [0.05, 0.1) is 17.6 Å². The molecule has 0 spiro atoms. The maximum absolute atomic E-state index is 13.8. The van der Waals surface area contributed by atoms with Crippen LogP contribution in [0.3, 0.4) is 0 Å². The lowest BCUT2D eigenvalue weighted by atomic mass is 9.90. The van der Waals surface area contributed by atoms with E-state index in [1.165, 1.54) is 4.90 Å². The van der Waals surface area contributed by atoms with Gasteiger partial charge in [-0.2, -0.15) is 0 Å². The smallest absolute Gasteiger partial charge is 0.253 e. The van der Waals surface area contributed by atoms with Crippen molar-refractivity contribution < 1.29 is 9.59 Å². The van der Waals surface area contributed by atoms with E-state index in [-0.39, 0.29) is 17.9 Å². The number of fused-ring (bicyclic) bond motifs is 4. The molecule has 2 amide bonds. The molecule has 30 heavy (non-hydrogen) atoms. The van der Waals surface area contributed by atoms with Crippen LogP contribution < -0.4 is 4.90 Å². The highest BCUT2D eigenvalue weighted by atomic mass is 79.9. The molecule has 0 radical (unpaired) electrons. The molecule has 6 rings (SSSR count). The van der Waals surface area contributed by atoms with Crippen LogP contribution in [0.4, 0.5) is 5.69 Å². The third-order valence-electron chi connectivity index (χ3n) is 6.62. The normalized spacial score (nSPS) is 26.6. The third kappa shape index (κ3) is 2.47. The fourth-order valence-electron chi connectivity index (χ4n) is 5.41. The van der Waals surface area contributed by atoms with Gasteiger partial charge < -0.3 is 0 Å². The molecule has 0 saturated carbocycles. The summed E-state index contributed by atoms with van der Waals surface area (Å²) >= 11 is 3.50. The van der Waals surface area contributed by atoms with Crippen molar-refractivity contribution >= 4 is 44.2 Å². The second kappa shape index (κ2) is 6.74. The van der Waals surface area contributed by atoms with E-state index in [0.29, 0.717) is 5.69 Å². The van der Waals surface area contributed by atoms with Gasteiger partial charge in [-0.1, -0.05) is 64.5 Å². The van der Waals surface area contributed by atoms with Crippen LogP contribution in [0, 0.1) is 5.92 Å². The molecular weight excluding hydrogens is 442 g/mol. The number of anilines is 1. The van der Waals surface area contributed by atoms with Crippen LogP contribution in [0.1, 0.15) is 18.0 Å². The number of amides is 2. The monoisotopic (exact) mass is 461 g/mol. The summed E-state index contributed by atoms with van der Waals surface area (Å²) in [7, 11) is 0. The fraction of sp³-hybridized carbons (Fsp3) is 0.250. The summed E-state index contributed by atoms with van der Waals surface area (Å²) in [6, 6.07) is 21.3. The molecular formula is C24H20BrN3O2. The summed E-state index contributed by atoms with van der Waals surface area (Å²) in [6.07, 6.45) is 1.01. The van der Waals surface area contributed by atoms with Gasteiger partial charge in [0.2, 0.25) is 5.91 Å². The topological polar surface area (TPSA) is 43.9 Å². The second-order valence-electron chi connectivity index (χ2n) is 8.16. The van der Waals surface area contributed by atoms with Crippen molar-refractivity contribution in [2.45, 2.75) is 18.5 Å². The molecule has 0 bridgehead atoms. The number of carbonyl (C=O) groups excluding carboxylic acids is 2. The lowest BCUT2D eigenvalue weighted by Gasteiger charge is -2.30. The quantitative estimate of drug-likeness (QED) is 0.538. The van der Waals surface area contributed by atoms with Crippen molar-refractivity contribution in [3.05, 3.63) is 76.8 Å². The minimum atomic E-state index is -0.424. The first-order valence-corrected chi connectivity index (χ1v) is 11.1. The zero-order chi connectivity index (χ0) is 20.4. The van der Waals surface area contributed by atoms with Gasteiger partial charge in [-0.3, -0.25) is 9.59 Å². The summed E-state index contributed by atoms with van der Waals surface area (Å²) in [5.74, 6) is -0.588. The van der Waals surface area contributed by atoms with E-state index >= 15 is 0 Å². The number of hydrogen-bond acceptors (Lipinski definition) is 4. The Labute approximate surface area is 183 Å². The highest BCUT2D eigenvalue weighted by molar-refractivity contribution is 9.10. The van der Waals surface area contributed by atoms with Crippen molar-refractivity contribution in [2.75, 3.05) is 18.0 Å². The summed E-state index contributed by atoms with van der Waals surface area (Å²) in [4.78, 5) is 28.9. The summed E-state index contributed by atoms with van der Waals surface area (Å²) in [5, 5.41) is 6.34. The first-order valence-electron chi connectivity index (χ1n) is 10.3. The minimum absolute atomic E-state index is 0.0938. The number of benzene rings is 3. The zero-order valence-corrected chi connectivity index (χ0v) is 17.8. The molecule has 6 heteroatoms. The Kier molecular flexibility index (Phi) is 4.10. The Bertz CT molecular complexity index is 1170. The van der Waals surface area contributed by atoms with E-state index in [0.717, 1.165) is 40.3 Å². The van der Waals surface area contributed by atoms with Crippen molar-refractivity contribution in [2.24, 2.45) is 5.92 Å². The van der Waals surface area contributed by atoms with E-state index in [1.54, 1.807) is 0 Å². The van der Waals surface area contributed by atoms with Gasteiger partial charge in [0.25, 0.3) is 5.91 Å². The fourth-order valence-corrected chi connectivity index (χ4v) is 5.68. The van der Waals surface area contributed by atoms with Crippen molar-refractivity contribution in [1.29, 1.82) is 0 Å². The molecule has 3 aromatic rings. The first kappa shape index (κ1) is 18.2. The molecule has 5 nitrogen and oxygen atoms in total. The summed E-state index contributed by atoms with van der Waals surface area (Å²) in [5.41, 5.74) is 1.77. The predicted octanol–water partition coefficient (Wildman–Crippen LogP) is 4.14. The predicted molar refractivity (Wildman–Crippen MR) is 119 cm³/mol. The molecule has 3 heterocycles. The molecule has 3 aliphatic rings. The van der Waals surface area contributed by atoms with Gasteiger partial charge in [-0.25, -0.2) is 14.9 Å². The molecule has 3 fully saturated rings. The van der Waals surface area contributed by atoms with Gasteiger partial charge in [-0.05, 0) is 35.6 Å². The Morgan fingerprint density at radius 2 is 1.47 bits per heavy atom. The van der Waals surface area contributed by atoms with E-state index < -0.39 is 12.0 Å². The van der Waals surface area contributed by atoms with Crippen LogP contribution >= 0.6 is 15.9 Å². The van der Waals surface area contributed by atoms with E-state index in [2.05, 4.69) is 38.1 Å². The van der Waals surface area contributed by atoms with E-state index in [4.69, 9.17) is 0 Å². The Morgan fingerprint density at radius 1 is 0.767 bits per heavy atom. The molecule has 0 aliphatic carbocycles. The van der Waals surface area contributed by atoms with Crippen LogP contribution in [0.15, 0.2) is 71.2 Å². The zero-order valence-electron chi connectivity index (χ0n) is 16.2. The molecule has 0 unspecified atom stereocenters. The molecule has 3 aromatic carbocycles. The van der Waals surface area contributed by atoms with E-state index in [1.807, 2.05) is 54.6 Å². The number of halogens is 1. The second-order valence-corrected chi connectivity index (χ2v) is 9.07.